The number of unbranched alkanes of at least 4 members (excludes halogenated alkanes) is 7. The van der Waals surface area contributed by atoms with E-state index in [1.165, 1.54) is 69.8 Å². The first-order chi connectivity index (χ1) is 15.2. The summed E-state index contributed by atoms with van der Waals surface area (Å²) in [6.45, 7) is 7.56. The largest absolute Gasteiger partial charge is 0.494 e. The van der Waals surface area contributed by atoms with Crippen LogP contribution in [0.4, 0.5) is 0 Å². The van der Waals surface area contributed by atoms with E-state index in [9.17, 15) is 0 Å². The lowest BCUT2D eigenvalue weighted by atomic mass is 10.0. The fourth-order valence-corrected chi connectivity index (χ4v) is 3.68. The fourth-order valence-electron chi connectivity index (χ4n) is 3.68. The Kier molecular flexibility index (Phi) is 12.6. The van der Waals surface area contributed by atoms with E-state index in [1.807, 2.05) is 24.3 Å². The van der Waals surface area contributed by atoms with Crippen molar-refractivity contribution in [2.75, 3.05) is 6.61 Å². The van der Waals surface area contributed by atoms with Crippen molar-refractivity contribution in [3.05, 3.63) is 65.2 Å². The Morgan fingerprint density at radius 3 is 1.81 bits per heavy atom. The third kappa shape index (κ3) is 11.7. The predicted octanol–water partition coefficient (Wildman–Crippen LogP) is 8.58. The van der Waals surface area contributed by atoms with E-state index in [2.05, 4.69) is 56.9 Å². The lowest BCUT2D eigenvalue weighted by Gasteiger charge is -2.07. The molecule has 0 fully saturated rings. The van der Waals surface area contributed by atoms with Crippen molar-refractivity contribution in [3.8, 4) is 17.6 Å². The van der Waals surface area contributed by atoms with Gasteiger partial charge in [0.25, 0.3) is 0 Å². The third-order valence-electron chi connectivity index (χ3n) is 5.67. The Labute approximate surface area is 191 Å². The Morgan fingerprint density at radius 2 is 1.23 bits per heavy atom. The molecule has 168 valence electrons. The number of hydrogen-bond acceptors (Lipinski definition) is 1. The molecule has 2 aromatic carbocycles. The van der Waals surface area contributed by atoms with Crippen molar-refractivity contribution in [3.63, 3.8) is 0 Å². The molecule has 0 heterocycles. The van der Waals surface area contributed by atoms with Gasteiger partial charge in [0.1, 0.15) is 5.75 Å². The molecule has 0 aromatic heterocycles. The topological polar surface area (TPSA) is 9.23 Å². The number of ether oxygens (including phenoxy) is 1. The van der Waals surface area contributed by atoms with Gasteiger partial charge in [-0.05, 0) is 73.6 Å². The van der Waals surface area contributed by atoms with E-state index < -0.39 is 0 Å². The van der Waals surface area contributed by atoms with Gasteiger partial charge in [-0.25, -0.2) is 0 Å². The molecule has 0 bridgehead atoms. The SMILES string of the molecule is CCCCCCCCCCc1ccc(C#Cc2ccc(OCCCC(C)C)cc2)cc1. The van der Waals surface area contributed by atoms with Crippen molar-refractivity contribution < 1.29 is 4.74 Å². The average molecular weight is 419 g/mol. The summed E-state index contributed by atoms with van der Waals surface area (Å²) < 4.78 is 5.81. The minimum Gasteiger partial charge on any atom is -0.494 e. The summed E-state index contributed by atoms with van der Waals surface area (Å²) in [5.41, 5.74) is 3.53. The summed E-state index contributed by atoms with van der Waals surface area (Å²) in [6.07, 6.45) is 14.5. The van der Waals surface area contributed by atoms with Crippen LogP contribution in [0.5, 0.6) is 5.75 Å². The van der Waals surface area contributed by atoms with Gasteiger partial charge >= 0.3 is 0 Å². The van der Waals surface area contributed by atoms with Crippen LogP contribution >= 0.6 is 0 Å². The summed E-state index contributed by atoms with van der Waals surface area (Å²) in [7, 11) is 0. The molecule has 0 radical (unpaired) electrons. The van der Waals surface area contributed by atoms with E-state index in [4.69, 9.17) is 4.74 Å². The minimum atomic E-state index is 0.737. The van der Waals surface area contributed by atoms with Crippen molar-refractivity contribution in [2.45, 2.75) is 91.4 Å². The minimum absolute atomic E-state index is 0.737. The Balaban J connectivity index is 1.68. The van der Waals surface area contributed by atoms with Crippen LogP contribution in [-0.2, 0) is 6.42 Å². The maximum absolute atomic E-state index is 5.81. The fraction of sp³-hybridized carbons (Fsp3) is 0.533. The van der Waals surface area contributed by atoms with Crippen LogP contribution in [0, 0.1) is 17.8 Å². The van der Waals surface area contributed by atoms with Crippen LogP contribution in [0.3, 0.4) is 0 Å². The molecule has 0 atom stereocenters. The molecular formula is C30H42O. The summed E-state index contributed by atoms with van der Waals surface area (Å²) >= 11 is 0. The lowest BCUT2D eigenvalue weighted by Crippen LogP contribution is -1.99. The maximum Gasteiger partial charge on any atom is 0.119 e. The molecule has 0 aliphatic heterocycles. The molecule has 2 rings (SSSR count). The second-order valence-electron chi connectivity index (χ2n) is 9.08. The molecule has 1 heteroatoms. The maximum atomic E-state index is 5.81. The Bertz CT molecular complexity index is 759. The lowest BCUT2D eigenvalue weighted by molar-refractivity contribution is 0.297. The summed E-state index contributed by atoms with van der Waals surface area (Å²) in [4.78, 5) is 0. The summed E-state index contributed by atoms with van der Waals surface area (Å²) in [6, 6.07) is 16.9. The molecule has 2 aromatic rings. The molecule has 0 spiro atoms. The van der Waals surface area contributed by atoms with Gasteiger partial charge in [0.05, 0.1) is 6.61 Å². The Hall–Kier alpha value is -2.20. The van der Waals surface area contributed by atoms with Crippen molar-refractivity contribution >= 4 is 0 Å². The van der Waals surface area contributed by atoms with Crippen LogP contribution in [0.2, 0.25) is 0 Å². The molecule has 0 aliphatic carbocycles. The summed E-state index contributed by atoms with van der Waals surface area (Å²) in [5.74, 6) is 8.21. The first-order valence-electron chi connectivity index (χ1n) is 12.5. The molecule has 0 saturated carbocycles. The zero-order chi connectivity index (χ0) is 22.2. The van der Waals surface area contributed by atoms with Crippen molar-refractivity contribution in [1.29, 1.82) is 0 Å². The molecule has 0 saturated heterocycles. The molecule has 1 nitrogen and oxygen atoms in total. The standard InChI is InChI=1S/C30H42O/c1-4-5-6-7-8-9-10-11-14-27-15-17-28(18-16-27)19-20-29-21-23-30(24-22-29)31-25-12-13-26(2)3/h15-18,21-24,26H,4-14,25H2,1-3H3. The normalized spacial score (nSPS) is 10.7. The van der Waals surface area contributed by atoms with E-state index in [0.717, 1.165) is 35.8 Å². The quantitative estimate of drug-likeness (QED) is 0.220. The smallest absolute Gasteiger partial charge is 0.119 e. The second kappa shape index (κ2) is 15.6. The average Bonchev–Trinajstić information content (AvgIpc) is 2.78. The molecule has 0 amide bonds. The number of aryl methyl sites for hydroxylation is 1. The Morgan fingerprint density at radius 1 is 0.677 bits per heavy atom. The molecular weight excluding hydrogens is 376 g/mol. The van der Waals surface area contributed by atoms with Gasteiger partial charge < -0.3 is 4.74 Å². The number of hydrogen-bond donors (Lipinski definition) is 0. The van der Waals surface area contributed by atoms with Crippen LogP contribution in [0.25, 0.3) is 0 Å². The third-order valence-corrected chi connectivity index (χ3v) is 5.67. The van der Waals surface area contributed by atoms with E-state index in [1.54, 1.807) is 0 Å². The number of rotatable bonds is 14. The monoisotopic (exact) mass is 418 g/mol. The zero-order valence-electron chi connectivity index (χ0n) is 20.1. The molecule has 0 aliphatic rings. The van der Waals surface area contributed by atoms with Gasteiger partial charge in [0, 0.05) is 11.1 Å². The van der Waals surface area contributed by atoms with E-state index in [-0.39, 0.29) is 0 Å². The predicted molar refractivity (Wildman–Crippen MR) is 135 cm³/mol. The van der Waals surface area contributed by atoms with Crippen molar-refractivity contribution in [2.24, 2.45) is 5.92 Å². The first-order valence-corrected chi connectivity index (χ1v) is 12.5. The van der Waals surface area contributed by atoms with Gasteiger partial charge in [-0.15, -0.1) is 0 Å². The first kappa shape index (κ1) is 25.1. The summed E-state index contributed by atoms with van der Waals surface area (Å²) in [5, 5.41) is 0. The van der Waals surface area contributed by atoms with Crippen LogP contribution in [0.1, 0.15) is 102 Å². The van der Waals surface area contributed by atoms with Gasteiger partial charge in [-0.2, -0.15) is 0 Å². The highest BCUT2D eigenvalue weighted by Crippen LogP contribution is 2.14. The van der Waals surface area contributed by atoms with Gasteiger partial charge in [-0.1, -0.05) is 89.7 Å². The molecule has 0 unspecified atom stereocenters. The second-order valence-corrected chi connectivity index (χ2v) is 9.08. The highest BCUT2D eigenvalue weighted by Gasteiger charge is 1.98. The van der Waals surface area contributed by atoms with Crippen molar-refractivity contribution in [1.82, 2.24) is 0 Å². The van der Waals surface area contributed by atoms with E-state index in [0.29, 0.717) is 0 Å². The van der Waals surface area contributed by atoms with Gasteiger partial charge in [-0.3, -0.25) is 0 Å². The highest BCUT2D eigenvalue weighted by molar-refractivity contribution is 5.44. The highest BCUT2D eigenvalue weighted by atomic mass is 16.5. The molecule has 31 heavy (non-hydrogen) atoms. The van der Waals surface area contributed by atoms with E-state index >= 15 is 0 Å². The van der Waals surface area contributed by atoms with Crippen LogP contribution in [-0.4, -0.2) is 6.61 Å². The van der Waals surface area contributed by atoms with Crippen LogP contribution < -0.4 is 4.74 Å². The van der Waals surface area contributed by atoms with Gasteiger partial charge in [0.15, 0.2) is 0 Å². The van der Waals surface area contributed by atoms with Gasteiger partial charge in [0.2, 0.25) is 0 Å². The molecule has 0 N–H and O–H groups in total. The van der Waals surface area contributed by atoms with Crippen LogP contribution in [0.15, 0.2) is 48.5 Å². The zero-order valence-corrected chi connectivity index (χ0v) is 20.1. The number of benzene rings is 2.